The van der Waals surface area contributed by atoms with E-state index < -0.39 is 0 Å². The van der Waals surface area contributed by atoms with Crippen LogP contribution in [-0.4, -0.2) is 18.0 Å². The maximum atomic E-state index is 12.1. The molecule has 0 aromatic heterocycles. The van der Waals surface area contributed by atoms with Crippen LogP contribution in [0.1, 0.15) is 15.9 Å². The maximum absolute atomic E-state index is 12.1. The van der Waals surface area contributed by atoms with Crippen LogP contribution in [0.4, 0.5) is 5.69 Å². The smallest absolute Gasteiger partial charge is 0.255 e. The van der Waals surface area contributed by atoms with Crippen molar-refractivity contribution in [1.29, 1.82) is 0 Å². The quantitative estimate of drug-likeness (QED) is 0.816. The Morgan fingerprint density at radius 2 is 1.81 bits per heavy atom. The number of methoxy groups -OCH3 is 1. The Bertz CT molecular complexity index is 687. The van der Waals surface area contributed by atoms with Gasteiger partial charge in [-0.3, -0.25) is 4.79 Å². The molecular formula is C15H13BrN2O2S. The first-order valence-corrected chi connectivity index (χ1v) is 7.26. The van der Waals surface area contributed by atoms with Crippen molar-refractivity contribution in [3.63, 3.8) is 0 Å². The number of carbonyl (C=O) groups excluding carboxylic acids is 1. The van der Waals surface area contributed by atoms with E-state index in [-0.39, 0.29) is 5.91 Å². The number of rotatable bonds is 4. The Morgan fingerprint density at radius 3 is 2.33 bits per heavy atom. The fraction of sp³-hybridized carbons (Fsp3) is 0.0667. The summed E-state index contributed by atoms with van der Waals surface area (Å²) in [5, 5.41) is 2.81. The van der Waals surface area contributed by atoms with Crippen LogP contribution in [0.3, 0.4) is 0 Å². The molecule has 0 aliphatic carbocycles. The summed E-state index contributed by atoms with van der Waals surface area (Å²) in [5.74, 6) is 0.496. The van der Waals surface area contributed by atoms with Crippen LogP contribution < -0.4 is 15.8 Å². The van der Waals surface area contributed by atoms with Gasteiger partial charge in [-0.25, -0.2) is 0 Å². The third-order valence-electron chi connectivity index (χ3n) is 2.84. The van der Waals surface area contributed by atoms with Gasteiger partial charge in [-0.05, 0) is 46.3 Å². The van der Waals surface area contributed by atoms with E-state index in [1.54, 1.807) is 49.6 Å². The van der Waals surface area contributed by atoms with Crippen LogP contribution in [0.2, 0.25) is 0 Å². The summed E-state index contributed by atoms with van der Waals surface area (Å²) in [5.41, 5.74) is 7.45. The number of halogens is 1. The van der Waals surface area contributed by atoms with Gasteiger partial charge in [0, 0.05) is 16.8 Å². The summed E-state index contributed by atoms with van der Waals surface area (Å²) in [7, 11) is 1.59. The standard InChI is InChI=1S/C15H13BrN2O2S/c1-20-13-7-6-11(8-12(13)16)18-15(19)10-4-2-9(3-5-10)14(17)21/h2-8H,1H3,(H2,17,21)(H,18,19). The maximum Gasteiger partial charge on any atom is 0.255 e. The number of benzene rings is 2. The summed E-state index contributed by atoms with van der Waals surface area (Å²) >= 11 is 8.25. The van der Waals surface area contributed by atoms with Gasteiger partial charge in [0.25, 0.3) is 5.91 Å². The van der Waals surface area contributed by atoms with Crippen molar-refractivity contribution in [2.24, 2.45) is 5.73 Å². The number of nitrogens with one attached hydrogen (secondary N) is 1. The van der Waals surface area contributed by atoms with E-state index in [9.17, 15) is 4.79 Å². The molecule has 4 nitrogen and oxygen atoms in total. The van der Waals surface area contributed by atoms with Gasteiger partial charge < -0.3 is 15.8 Å². The minimum atomic E-state index is -0.207. The number of thiocarbonyl (C=S) groups is 1. The molecule has 0 radical (unpaired) electrons. The summed E-state index contributed by atoms with van der Waals surface area (Å²) in [6.45, 7) is 0. The summed E-state index contributed by atoms with van der Waals surface area (Å²) in [6, 6.07) is 12.1. The lowest BCUT2D eigenvalue weighted by atomic mass is 10.1. The number of carbonyl (C=O) groups is 1. The van der Waals surface area contributed by atoms with E-state index in [0.717, 1.165) is 10.0 Å². The average molecular weight is 365 g/mol. The SMILES string of the molecule is COc1ccc(NC(=O)c2ccc(C(N)=S)cc2)cc1Br. The molecule has 0 aliphatic rings. The lowest BCUT2D eigenvalue weighted by Crippen LogP contribution is -2.13. The predicted octanol–water partition coefficient (Wildman–Crippen LogP) is 3.34. The Morgan fingerprint density at radius 1 is 1.19 bits per heavy atom. The van der Waals surface area contributed by atoms with Gasteiger partial charge in [0.05, 0.1) is 11.6 Å². The topological polar surface area (TPSA) is 64.3 Å². The molecule has 0 spiro atoms. The second-order valence-electron chi connectivity index (χ2n) is 4.25. The fourth-order valence-corrected chi connectivity index (χ4v) is 2.41. The molecule has 0 aliphatic heterocycles. The first kappa shape index (κ1) is 15.5. The summed E-state index contributed by atoms with van der Waals surface area (Å²) in [6.07, 6.45) is 0. The summed E-state index contributed by atoms with van der Waals surface area (Å²) in [4.78, 5) is 12.4. The third kappa shape index (κ3) is 3.80. The van der Waals surface area contributed by atoms with Crippen LogP contribution in [0, 0.1) is 0 Å². The van der Waals surface area contributed by atoms with E-state index in [1.165, 1.54) is 0 Å². The monoisotopic (exact) mass is 364 g/mol. The van der Waals surface area contributed by atoms with E-state index in [4.69, 9.17) is 22.7 Å². The van der Waals surface area contributed by atoms with Crippen LogP contribution in [0.25, 0.3) is 0 Å². The van der Waals surface area contributed by atoms with Gasteiger partial charge >= 0.3 is 0 Å². The number of ether oxygens (including phenoxy) is 1. The van der Waals surface area contributed by atoms with E-state index in [2.05, 4.69) is 21.2 Å². The molecule has 0 saturated carbocycles. The molecule has 21 heavy (non-hydrogen) atoms. The van der Waals surface area contributed by atoms with Crippen LogP contribution in [0.15, 0.2) is 46.9 Å². The van der Waals surface area contributed by atoms with Crippen molar-refractivity contribution in [3.05, 3.63) is 58.1 Å². The van der Waals surface area contributed by atoms with Crippen molar-refractivity contribution < 1.29 is 9.53 Å². The second kappa shape index (κ2) is 6.69. The third-order valence-corrected chi connectivity index (χ3v) is 3.70. The molecule has 0 saturated heterocycles. The summed E-state index contributed by atoms with van der Waals surface area (Å²) < 4.78 is 5.91. The van der Waals surface area contributed by atoms with Crippen molar-refractivity contribution in [1.82, 2.24) is 0 Å². The molecule has 108 valence electrons. The highest BCUT2D eigenvalue weighted by Gasteiger charge is 2.08. The lowest BCUT2D eigenvalue weighted by molar-refractivity contribution is 0.102. The average Bonchev–Trinajstić information content (AvgIpc) is 2.47. The first-order valence-electron chi connectivity index (χ1n) is 6.06. The highest BCUT2D eigenvalue weighted by molar-refractivity contribution is 9.10. The fourth-order valence-electron chi connectivity index (χ4n) is 1.73. The highest BCUT2D eigenvalue weighted by atomic mass is 79.9. The molecule has 0 heterocycles. The zero-order valence-electron chi connectivity index (χ0n) is 11.2. The highest BCUT2D eigenvalue weighted by Crippen LogP contribution is 2.27. The number of hydrogen-bond acceptors (Lipinski definition) is 3. The van der Waals surface area contributed by atoms with Gasteiger partial charge in [0.15, 0.2) is 0 Å². The Labute approximate surface area is 136 Å². The van der Waals surface area contributed by atoms with Crippen LogP contribution >= 0.6 is 28.1 Å². The van der Waals surface area contributed by atoms with Gasteiger partial charge in [0.1, 0.15) is 10.7 Å². The van der Waals surface area contributed by atoms with Crippen molar-refractivity contribution in [3.8, 4) is 5.75 Å². The normalized spacial score (nSPS) is 10.0. The molecule has 2 aromatic rings. The second-order valence-corrected chi connectivity index (χ2v) is 5.54. The molecule has 6 heteroatoms. The number of amides is 1. The Balaban J connectivity index is 2.14. The largest absolute Gasteiger partial charge is 0.496 e. The number of hydrogen-bond donors (Lipinski definition) is 2. The molecule has 3 N–H and O–H groups in total. The minimum absolute atomic E-state index is 0.207. The van der Waals surface area contributed by atoms with Crippen molar-refractivity contribution in [2.45, 2.75) is 0 Å². The molecule has 2 aromatic carbocycles. The Kier molecular flexibility index (Phi) is 4.93. The number of anilines is 1. The number of nitrogens with two attached hydrogens (primary N) is 1. The minimum Gasteiger partial charge on any atom is -0.496 e. The van der Waals surface area contributed by atoms with Crippen LogP contribution in [-0.2, 0) is 0 Å². The van der Waals surface area contributed by atoms with Crippen LogP contribution in [0.5, 0.6) is 5.75 Å². The molecule has 0 bridgehead atoms. The molecule has 0 atom stereocenters. The molecule has 1 amide bonds. The van der Waals surface area contributed by atoms with E-state index >= 15 is 0 Å². The van der Waals surface area contributed by atoms with E-state index in [0.29, 0.717) is 22.0 Å². The molecule has 2 rings (SSSR count). The predicted molar refractivity (Wildman–Crippen MR) is 91.0 cm³/mol. The lowest BCUT2D eigenvalue weighted by Gasteiger charge is -2.08. The van der Waals surface area contributed by atoms with Gasteiger partial charge in [0.2, 0.25) is 0 Å². The van der Waals surface area contributed by atoms with E-state index in [1.807, 2.05) is 0 Å². The first-order chi connectivity index (χ1) is 10.0. The van der Waals surface area contributed by atoms with Gasteiger partial charge in [-0.1, -0.05) is 24.4 Å². The van der Waals surface area contributed by atoms with Gasteiger partial charge in [-0.15, -0.1) is 0 Å². The van der Waals surface area contributed by atoms with Crippen molar-refractivity contribution >= 4 is 44.7 Å². The van der Waals surface area contributed by atoms with Crippen molar-refractivity contribution in [2.75, 3.05) is 12.4 Å². The Hall–Kier alpha value is -1.92. The zero-order chi connectivity index (χ0) is 15.4. The molecule has 0 fully saturated rings. The molecule has 0 unspecified atom stereocenters. The zero-order valence-corrected chi connectivity index (χ0v) is 13.6. The molecular weight excluding hydrogens is 352 g/mol. The van der Waals surface area contributed by atoms with Gasteiger partial charge in [-0.2, -0.15) is 0 Å².